The van der Waals surface area contributed by atoms with Gasteiger partial charge in [-0.2, -0.15) is 13.2 Å². The van der Waals surface area contributed by atoms with E-state index in [9.17, 15) is 18.3 Å². The summed E-state index contributed by atoms with van der Waals surface area (Å²) in [5.74, 6) is 0.410. The van der Waals surface area contributed by atoms with Gasteiger partial charge in [-0.25, -0.2) is 15.0 Å². The van der Waals surface area contributed by atoms with Crippen molar-refractivity contribution in [1.29, 1.82) is 0 Å². The number of aliphatic hydroxyl groups excluding tert-OH is 1. The second kappa shape index (κ2) is 8.12. The van der Waals surface area contributed by atoms with Gasteiger partial charge in [-0.15, -0.1) is 11.3 Å². The average molecular weight is 446 g/mol. The summed E-state index contributed by atoms with van der Waals surface area (Å²) < 4.78 is 42.4. The molecule has 1 unspecified atom stereocenters. The van der Waals surface area contributed by atoms with Crippen molar-refractivity contribution in [1.82, 2.24) is 15.0 Å². The zero-order valence-electron chi connectivity index (χ0n) is 16.2. The Hall–Kier alpha value is -3.24. The molecule has 0 aliphatic carbocycles. The fourth-order valence-electron chi connectivity index (χ4n) is 3.05. The van der Waals surface area contributed by atoms with Gasteiger partial charge in [-0.05, 0) is 31.2 Å². The Bertz CT molecular complexity index is 1240. The van der Waals surface area contributed by atoms with Gasteiger partial charge in [0.25, 0.3) is 0 Å². The fourth-order valence-corrected chi connectivity index (χ4v) is 4.09. The number of pyridine rings is 1. The molecular formula is C21H17F3N4O2S. The number of halogens is 3. The van der Waals surface area contributed by atoms with Crippen molar-refractivity contribution in [3.63, 3.8) is 0 Å². The SMILES string of the molecule is Cc1cccc(-c2nc(N)c3cc(C(O)c4cccnc4OCC(F)(F)F)sc3n2)c1. The van der Waals surface area contributed by atoms with Crippen LogP contribution in [0.3, 0.4) is 0 Å². The number of rotatable bonds is 5. The van der Waals surface area contributed by atoms with E-state index in [1.807, 2.05) is 31.2 Å². The number of hydrogen-bond acceptors (Lipinski definition) is 7. The number of nitrogens with two attached hydrogens (primary N) is 1. The summed E-state index contributed by atoms with van der Waals surface area (Å²) in [6.07, 6.45) is -4.49. The highest BCUT2D eigenvalue weighted by Crippen LogP contribution is 2.37. The third-order valence-electron chi connectivity index (χ3n) is 4.45. The third-order valence-corrected chi connectivity index (χ3v) is 5.54. The molecule has 0 spiro atoms. The van der Waals surface area contributed by atoms with Crippen LogP contribution in [0.4, 0.5) is 19.0 Å². The highest BCUT2D eigenvalue weighted by molar-refractivity contribution is 7.18. The van der Waals surface area contributed by atoms with Crippen LogP contribution in [-0.2, 0) is 0 Å². The molecule has 6 nitrogen and oxygen atoms in total. The lowest BCUT2D eigenvalue weighted by Crippen LogP contribution is -2.20. The normalized spacial score (nSPS) is 12.8. The smallest absolute Gasteiger partial charge is 0.422 e. The van der Waals surface area contributed by atoms with E-state index in [1.54, 1.807) is 6.07 Å². The number of hydrogen-bond donors (Lipinski definition) is 2. The number of thiophene rings is 1. The summed E-state index contributed by atoms with van der Waals surface area (Å²) >= 11 is 1.17. The summed E-state index contributed by atoms with van der Waals surface area (Å²) in [4.78, 5) is 13.7. The molecule has 0 saturated carbocycles. The van der Waals surface area contributed by atoms with Gasteiger partial charge in [-0.1, -0.05) is 23.8 Å². The topological polar surface area (TPSA) is 94.2 Å². The number of alkyl halides is 3. The highest BCUT2D eigenvalue weighted by atomic mass is 32.1. The van der Waals surface area contributed by atoms with Gasteiger partial charge in [0, 0.05) is 22.2 Å². The number of benzene rings is 1. The van der Waals surface area contributed by atoms with E-state index < -0.39 is 18.9 Å². The molecule has 31 heavy (non-hydrogen) atoms. The maximum absolute atomic E-state index is 12.5. The van der Waals surface area contributed by atoms with Crippen LogP contribution < -0.4 is 10.5 Å². The Kier molecular flexibility index (Phi) is 5.50. The first kappa shape index (κ1) is 21.0. The van der Waals surface area contributed by atoms with Gasteiger partial charge in [-0.3, -0.25) is 0 Å². The molecule has 3 heterocycles. The van der Waals surface area contributed by atoms with Crippen molar-refractivity contribution in [2.24, 2.45) is 0 Å². The lowest BCUT2D eigenvalue weighted by molar-refractivity contribution is -0.154. The first-order valence-electron chi connectivity index (χ1n) is 9.18. The summed E-state index contributed by atoms with van der Waals surface area (Å²) in [7, 11) is 0. The van der Waals surface area contributed by atoms with Gasteiger partial charge in [0.15, 0.2) is 12.4 Å². The molecule has 0 radical (unpaired) electrons. The molecule has 1 aromatic carbocycles. The number of nitrogens with zero attached hydrogens (tertiary/aromatic N) is 3. The van der Waals surface area contributed by atoms with Crippen LogP contribution in [0.15, 0.2) is 48.7 Å². The lowest BCUT2D eigenvalue weighted by atomic mass is 10.1. The summed E-state index contributed by atoms with van der Waals surface area (Å²) in [5.41, 5.74) is 8.09. The molecule has 0 aliphatic heterocycles. The zero-order chi connectivity index (χ0) is 22.2. The van der Waals surface area contributed by atoms with Gasteiger partial charge >= 0.3 is 6.18 Å². The first-order valence-corrected chi connectivity index (χ1v) is 9.99. The molecule has 0 fully saturated rings. The summed E-state index contributed by atoms with van der Waals surface area (Å²) in [6, 6.07) is 12.2. The van der Waals surface area contributed by atoms with E-state index in [1.165, 1.54) is 29.7 Å². The van der Waals surface area contributed by atoms with E-state index in [-0.39, 0.29) is 17.3 Å². The molecule has 10 heteroatoms. The van der Waals surface area contributed by atoms with Gasteiger partial charge < -0.3 is 15.6 Å². The van der Waals surface area contributed by atoms with E-state index in [4.69, 9.17) is 10.5 Å². The van der Waals surface area contributed by atoms with Crippen molar-refractivity contribution in [2.45, 2.75) is 19.2 Å². The lowest BCUT2D eigenvalue weighted by Gasteiger charge is -2.14. The number of nitrogen functional groups attached to an aromatic ring is 1. The number of ether oxygens (including phenoxy) is 1. The second-order valence-electron chi connectivity index (χ2n) is 6.87. The quantitative estimate of drug-likeness (QED) is 0.463. The molecule has 3 N–H and O–H groups in total. The molecule has 4 rings (SSSR count). The molecule has 0 aliphatic rings. The van der Waals surface area contributed by atoms with Crippen molar-refractivity contribution < 1.29 is 23.0 Å². The molecule has 0 amide bonds. The standard InChI is InChI=1S/C21H17F3N4O2S/c1-11-4-2-5-12(8-11)18-27-17(25)14-9-15(31-20(14)28-18)16(29)13-6-3-7-26-19(13)30-10-21(22,23)24/h2-9,16,29H,10H2,1H3,(H2,25,27,28). The molecule has 3 aromatic heterocycles. The molecule has 160 valence electrons. The van der Waals surface area contributed by atoms with Gasteiger partial charge in [0.1, 0.15) is 16.8 Å². The van der Waals surface area contributed by atoms with E-state index in [0.717, 1.165) is 11.1 Å². The average Bonchev–Trinajstić information content (AvgIpc) is 3.16. The van der Waals surface area contributed by atoms with Crippen molar-refractivity contribution in [3.8, 4) is 17.3 Å². The number of aliphatic hydroxyl groups is 1. The van der Waals surface area contributed by atoms with Crippen LogP contribution in [0.5, 0.6) is 5.88 Å². The van der Waals surface area contributed by atoms with Crippen molar-refractivity contribution in [2.75, 3.05) is 12.3 Å². The number of aryl methyl sites for hydroxylation is 1. The minimum atomic E-state index is -4.52. The van der Waals surface area contributed by atoms with Crippen LogP contribution in [0.1, 0.15) is 22.1 Å². The molecular weight excluding hydrogens is 429 g/mol. The largest absolute Gasteiger partial charge is 0.468 e. The first-order chi connectivity index (χ1) is 14.7. The second-order valence-corrected chi connectivity index (χ2v) is 7.94. The van der Waals surface area contributed by atoms with Crippen molar-refractivity contribution >= 4 is 27.4 Å². The number of anilines is 1. The minimum Gasteiger partial charge on any atom is -0.468 e. The Morgan fingerprint density at radius 2 is 1.97 bits per heavy atom. The monoisotopic (exact) mass is 446 g/mol. The van der Waals surface area contributed by atoms with Crippen LogP contribution in [0.25, 0.3) is 21.6 Å². The molecule has 4 aromatic rings. The van der Waals surface area contributed by atoms with Gasteiger partial charge in [0.05, 0.1) is 5.39 Å². The summed E-state index contributed by atoms with van der Waals surface area (Å²) in [6.45, 7) is 0.450. The Balaban J connectivity index is 1.70. The van der Waals surface area contributed by atoms with Gasteiger partial charge in [0.2, 0.25) is 5.88 Å². The summed E-state index contributed by atoms with van der Waals surface area (Å²) in [5, 5.41) is 11.4. The maximum atomic E-state index is 12.5. The third kappa shape index (κ3) is 4.59. The van der Waals surface area contributed by atoms with Crippen molar-refractivity contribution in [3.05, 3.63) is 64.7 Å². The van der Waals surface area contributed by atoms with Crippen LogP contribution in [0, 0.1) is 6.92 Å². The molecule has 0 saturated heterocycles. The number of aromatic nitrogens is 3. The minimum absolute atomic E-state index is 0.115. The Labute approximate surface area is 179 Å². The number of fused-ring (bicyclic) bond motifs is 1. The maximum Gasteiger partial charge on any atom is 0.422 e. The Morgan fingerprint density at radius 1 is 1.16 bits per heavy atom. The molecule has 1 atom stereocenters. The van der Waals surface area contributed by atoms with E-state index in [0.29, 0.717) is 20.9 Å². The predicted molar refractivity (Wildman–Crippen MR) is 112 cm³/mol. The van der Waals surface area contributed by atoms with Crippen LogP contribution in [0.2, 0.25) is 0 Å². The van der Waals surface area contributed by atoms with Crippen LogP contribution in [-0.4, -0.2) is 32.8 Å². The highest BCUT2D eigenvalue weighted by Gasteiger charge is 2.30. The zero-order valence-corrected chi connectivity index (χ0v) is 17.0. The van der Waals surface area contributed by atoms with E-state index >= 15 is 0 Å². The van der Waals surface area contributed by atoms with Crippen LogP contribution >= 0.6 is 11.3 Å². The molecule has 0 bridgehead atoms. The predicted octanol–water partition coefficient (Wildman–Crippen LogP) is 4.67. The Morgan fingerprint density at radius 3 is 2.71 bits per heavy atom. The van der Waals surface area contributed by atoms with E-state index in [2.05, 4.69) is 15.0 Å². The fraction of sp³-hybridized carbons (Fsp3) is 0.190.